The topological polar surface area (TPSA) is 98.7 Å². The molecule has 0 spiro atoms. The molecule has 0 bridgehead atoms. The summed E-state index contributed by atoms with van der Waals surface area (Å²) in [7, 11) is 0. The van der Waals surface area contributed by atoms with E-state index in [1.807, 2.05) is 32.9 Å². The second-order valence-corrected chi connectivity index (χ2v) is 6.31. The van der Waals surface area contributed by atoms with Crippen molar-refractivity contribution in [3.05, 3.63) is 42.8 Å². The lowest BCUT2D eigenvalue weighted by molar-refractivity contribution is -0.121. The first-order valence-electron chi connectivity index (χ1n) is 7.99. The Hall–Kier alpha value is -3.03. The molecule has 0 aromatic carbocycles. The van der Waals surface area contributed by atoms with Crippen LogP contribution in [0.5, 0.6) is 0 Å². The number of amides is 1. The van der Waals surface area contributed by atoms with E-state index in [0.717, 1.165) is 0 Å². The molecule has 3 heterocycles. The van der Waals surface area contributed by atoms with Gasteiger partial charge in [-0.2, -0.15) is 4.98 Å². The van der Waals surface area contributed by atoms with Gasteiger partial charge in [0, 0.05) is 19.3 Å². The fourth-order valence-corrected chi connectivity index (χ4v) is 2.44. The van der Waals surface area contributed by atoms with Gasteiger partial charge >= 0.3 is 0 Å². The van der Waals surface area contributed by atoms with Crippen molar-refractivity contribution in [2.24, 2.45) is 5.92 Å². The average Bonchev–Trinajstić information content (AvgIpc) is 3.26. The lowest BCUT2D eigenvalue weighted by atomic mass is 9.88. The largest absolute Gasteiger partial charge is 0.342 e. The molecule has 3 aromatic rings. The molecule has 1 amide bonds. The van der Waals surface area contributed by atoms with Crippen LogP contribution in [0.2, 0.25) is 0 Å². The molecule has 0 aliphatic rings. The smallest absolute Gasteiger partial charge is 0.252 e. The van der Waals surface area contributed by atoms with Crippen molar-refractivity contribution >= 4 is 5.91 Å². The van der Waals surface area contributed by atoms with Crippen LogP contribution < -0.4 is 5.32 Å². The van der Waals surface area contributed by atoms with Gasteiger partial charge in [0.25, 0.3) is 5.89 Å². The van der Waals surface area contributed by atoms with Crippen molar-refractivity contribution in [1.29, 1.82) is 0 Å². The van der Waals surface area contributed by atoms with Crippen LogP contribution in [0.1, 0.15) is 33.6 Å². The Morgan fingerprint density at radius 1 is 1.32 bits per heavy atom. The van der Waals surface area contributed by atoms with Crippen molar-refractivity contribution in [1.82, 2.24) is 30.0 Å². The maximum atomic E-state index is 11.6. The number of pyridine rings is 1. The van der Waals surface area contributed by atoms with Crippen molar-refractivity contribution < 1.29 is 9.32 Å². The quantitative estimate of drug-likeness (QED) is 0.765. The van der Waals surface area contributed by atoms with Gasteiger partial charge in [-0.25, -0.2) is 9.97 Å². The zero-order chi connectivity index (χ0) is 18.0. The summed E-state index contributed by atoms with van der Waals surface area (Å²) >= 11 is 0. The summed E-state index contributed by atoms with van der Waals surface area (Å²) < 4.78 is 7.23. The Bertz CT molecular complexity index is 871. The Kier molecular flexibility index (Phi) is 4.35. The van der Waals surface area contributed by atoms with E-state index in [1.54, 1.807) is 29.4 Å². The molecule has 3 aromatic heterocycles. The highest BCUT2D eigenvalue weighted by molar-refractivity contribution is 5.73. The van der Waals surface area contributed by atoms with Crippen LogP contribution in [0.4, 0.5) is 0 Å². The number of hydrogen-bond acceptors (Lipinski definition) is 6. The normalized spacial score (nSPS) is 13.6. The standard InChI is InChI=1S/C17H20N6O2/c1-11(2)17(4,21-12(3)24)16-20-15(22-25-16)13-6-5-7-14(19-13)23-9-8-18-10-23/h5-11H,1-4H3,(H,21,24). The Morgan fingerprint density at radius 2 is 2.12 bits per heavy atom. The van der Waals surface area contributed by atoms with Gasteiger partial charge in [-0.1, -0.05) is 25.1 Å². The highest BCUT2D eigenvalue weighted by Gasteiger charge is 2.37. The number of carbonyl (C=O) groups excluding carboxylic acids is 1. The number of nitrogens with one attached hydrogen (secondary N) is 1. The third-order valence-corrected chi connectivity index (χ3v) is 4.19. The highest BCUT2D eigenvalue weighted by atomic mass is 16.5. The van der Waals surface area contributed by atoms with Crippen LogP contribution in [0.3, 0.4) is 0 Å². The Labute approximate surface area is 145 Å². The SMILES string of the molecule is CC(=O)NC(C)(c1nc(-c2cccc(-n3ccnc3)n2)no1)C(C)C. The van der Waals surface area contributed by atoms with E-state index in [9.17, 15) is 4.79 Å². The third-order valence-electron chi connectivity index (χ3n) is 4.19. The number of rotatable bonds is 5. The lowest BCUT2D eigenvalue weighted by Gasteiger charge is -2.30. The van der Waals surface area contributed by atoms with Crippen molar-refractivity contribution in [2.45, 2.75) is 33.2 Å². The predicted octanol–water partition coefficient (Wildman–Crippen LogP) is 2.32. The summed E-state index contributed by atoms with van der Waals surface area (Å²) in [5, 5.41) is 6.94. The minimum absolute atomic E-state index is 0.0648. The second-order valence-electron chi connectivity index (χ2n) is 6.31. The summed E-state index contributed by atoms with van der Waals surface area (Å²) in [6, 6.07) is 5.53. The minimum atomic E-state index is -0.751. The van der Waals surface area contributed by atoms with Crippen LogP contribution in [0.25, 0.3) is 17.3 Å². The first-order valence-corrected chi connectivity index (χ1v) is 7.99. The van der Waals surface area contributed by atoms with E-state index in [1.165, 1.54) is 6.92 Å². The molecule has 0 saturated carbocycles. The van der Waals surface area contributed by atoms with Crippen LogP contribution in [-0.4, -0.2) is 30.6 Å². The number of carbonyl (C=O) groups is 1. The maximum Gasteiger partial charge on any atom is 0.252 e. The van der Waals surface area contributed by atoms with Gasteiger partial charge in [-0.05, 0) is 25.0 Å². The van der Waals surface area contributed by atoms with Crippen molar-refractivity contribution in [2.75, 3.05) is 0 Å². The van der Waals surface area contributed by atoms with Gasteiger partial charge < -0.3 is 9.84 Å². The van der Waals surface area contributed by atoms with Crippen LogP contribution in [0.15, 0.2) is 41.4 Å². The summed E-state index contributed by atoms with van der Waals surface area (Å²) in [6.07, 6.45) is 5.16. The monoisotopic (exact) mass is 340 g/mol. The van der Waals surface area contributed by atoms with Gasteiger partial charge in [0.15, 0.2) is 0 Å². The molecule has 1 N–H and O–H groups in total. The fourth-order valence-electron chi connectivity index (χ4n) is 2.44. The first kappa shape index (κ1) is 16.8. The van der Waals surface area contributed by atoms with Crippen molar-refractivity contribution in [3.8, 4) is 17.3 Å². The van der Waals surface area contributed by atoms with E-state index in [-0.39, 0.29) is 11.8 Å². The molecule has 130 valence electrons. The van der Waals surface area contributed by atoms with Gasteiger partial charge in [0.05, 0.1) is 0 Å². The van der Waals surface area contributed by atoms with Gasteiger partial charge in [0.2, 0.25) is 11.7 Å². The van der Waals surface area contributed by atoms with E-state index in [4.69, 9.17) is 4.52 Å². The maximum absolute atomic E-state index is 11.6. The molecule has 8 nitrogen and oxygen atoms in total. The molecule has 0 radical (unpaired) electrons. The zero-order valence-electron chi connectivity index (χ0n) is 14.6. The molecule has 1 atom stereocenters. The third kappa shape index (κ3) is 3.28. The Morgan fingerprint density at radius 3 is 2.76 bits per heavy atom. The summed E-state index contributed by atoms with van der Waals surface area (Å²) in [5.74, 6) is 1.33. The summed E-state index contributed by atoms with van der Waals surface area (Å²) in [4.78, 5) is 24.6. The van der Waals surface area contributed by atoms with Gasteiger partial charge in [0.1, 0.15) is 23.4 Å². The van der Waals surface area contributed by atoms with Gasteiger partial charge in [-0.3, -0.25) is 9.36 Å². The number of nitrogens with zero attached hydrogens (tertiary/aromatic N) is 5. The number of aromatic nitrogens is 5. The second kappa shape index (κ2) is 6.46. The van der Waals surface area contributed by atoms with E-state index in [2.05, 4.69) is 25.4 Å². The average molecular weight is 340 g/mol. The molecular weight excluding hydrogens is 320 g/mol. The van der Waals surface area contributed by atoms with Crippen molar-refractivity contribution in [3.63, 3.8) is 0 Å². The molecule has 3 rings (SSSR count). The molecule has 1 unspecified atom stereocenters. The zero-order valence-corrected chi connectivity index (χ0v) is 14.6. The fraction of sp³-hybridized carbons (Fsp3) is 0.353. The molecule has 0 aliphatic carbocycles. The highest BCUT2D eigenvalue weighted by Crippen LogP contribution is 2.29. The predicted molar refractivity (Wildman–Crippen MR) is 90.7 cm³/mol. The molecular formula is C17H20N6O2. The van der Waals surface area contributed by atoms with E-state index >= 15 is 0 Å². The molecule has 0 saturated heterocycles. The minimum Gasteiger partial charge on any atom is -0.342 e. The van der Waals surface area contributed by atoms with Crippen LogP contribution in [-0.2, 0) is 10.3 Å². The Balaban J connectivity index is 1.96. The van der Waals surface area contributed by atoms with Crippen LogP contribution in [0, 0.1) is 5.92 Å². The molecule has 0 fully saturated rings. The van der Waals surface area contributed by atoms with E-state index < -0.39 is 5.54 Å². The lowest BCUT2D eigenvalue weighted by Crippen LogP contribution is -2.46. The van der Waals surface area contributed by atoms with Gasteiger partial charge in [-0.15, -0.1) is 0 Å². The number of hydrogen-bond donors (Lipinski definition) is 1. The number of imidazole rings is 1. The molecule has 25 heavy (non-hydrogen) atoms. The summed E-state index contributed by atoms with van der Waals surface area (Å²) in [6.45, 7) is 7.30. The van der Waals surface area contributed by atoms with E-state index in [0.29, 0.717) is 23.2 Å². The summed E-state index contributed by atoms with van der Waals surface area (Å²) in [5.41, 5.74) is -0.172. The molecule has 0 aliphatic heterocycles. The molecule has 8 heteroatoms. The first-order chi connectivity index (χ1) is 11.9. The van der Waals surface area contributed by atoms with Crippen LogP contribution >= 0.6 is 0 Å².